The van der Waals surface area contributed by atoms with Crippen LogP contribution >= 0.6 is 0 Å². The van der Waals surface area contributed by atoms with Gasteiger partial charge in [-0.25, -0.2) is 0 Å². The Hall–Kier alpha value is -0.0800. The van der Waals surface area contributed by atoms with Gasteiger partial charge in [0.1, 0.15) is 0 Å². The maximum Gasteiger partial charge on any atom is 0.0745 e. The number of aliphatic hydroxyl groups is 1. The van der Waals surface area contributed by atoms with E-state index in [1.165, 1.54) is 32.1 Å². The molecule has 1 fully saturated rings. The Bertz CT molecular complexity index is 106. The third kappa shape index (κ3) is 4.07. The zero-order chi connectivity index (χ0) is 8.81. The maximum atomic E-state index is 8.96. The van der Waals surface area contributed by atoms with Gasteiger partial charge in [-0.3, -0.25) is 0 Å². The van der Waals surface area contributed by atoms with Gasteiger partial charge in [-0.15, -0.1) is 0 Å². The first-order valence-electron chi connectivity index (χ1n) is 5.05. The topological polar surface area (TPSA) is 29.5 Å². The largest absolute Gasteiger partial charge is 0.391 e. The fourth-order valence-electron chi connectivity index (χ4n) is 1.76. The molecule has 0 aromatic rings. The Morgan fingerprint density at radius 3 is 2.58 bits per heavy atom. The Balaban J connectivity index is 1.98. The van der Waals surface area contributed by atoms with Crippen molar-refractivity contribution in [3.05, 3.63) is 0 Å². The first-order chi connectivity index (χ1) is 5.79. The van der Waals surface area contributed by atoms with Crippen molar-refractivity contribution in [1.82, 2.24) is 0 Å². The number of hydrogen-bond acceptors (Lipinski definition) is 2. The third-order valence-electron chi connectivity index (χ3n) is 2.44. The SMILES string of the molecule is C[C@H](O)COCC1CCCCC1. The van der Waals surface area contributed by atoms with E-state index in [4.69, 9.17) is 9.84 Å². The normalized spacial score (nSPS) is 22.5. The molecule has 1 aliphatic carbocycles. The zero-order valence-corrected chi connectivity index (χ0v) is 7.96. The first kappa shape index (κ1) is 10.0. The highest BCUT2D eigenvalue weighted by atomic mass is 16.5. The predicted molar refractivity (Wildman–Crippen MR) is 49.1 cm³/mol. The highest BCUT2D eigenvalue weighted by Gasteiger charge is 2.13. The minimum absolute atomic E-state index is 0.311. The van der Waals surface area contributed by atoms with Gasteiger partial charge in [-0.05, 0) is 25.7 Å². The summed E-state index contributed by atoms with van der Waals surface area (Å²) < 4.78 is 5.38. The molecule has 1 atom stereocenters. The number of rotatable bonds is 4. The molecule has 0 unspecified atom stereocenters. The molecule has 0 amide bonds. The second kappa shape index (κ2) is 5.55. The van der Waals surface area contributed by atoms with Crippen molar-refractivity contribution in [3.63, 3.8) is 0 Å². The second-order valence-corrected chi connectivity index (χ2v) is 3.89. The Kier molecular flexibility index (Phi) is 4.62. The monoisotopic (exact) mass is 172 g/mol. The van der Waals surface area contributed by atoms with Crippen LogP contribution in [0.1, 0.15) is 39.0 Å². The lowest BCUT2D eigenvalue weighted by Gasteiger charge is -2.21. The van der Waals surface area contributed by atoms with E-state index < -0.39 is 0 Å². The van der Waals surface area contributed by atoms with Crippen molar-refractivity contribution >= 4 is 0 Å². The van der Waals surface area contributed by atoms with Crippen molar-refractivity contribution < 1.29 is 9.84 Å². The molecule has 0 aromatic carbocycles. The number of hydrogen-bond donors (Lipinski definition) is 1. The second-order valence-electron chi connectivity index (χ2n) is 3.89. The summed E-state index contributed by atoms with van der Waals surface area (Å²) >= 11 is 0. The summed E-state index contributed by atoms with van der Waals surface area (Å²) in [4.78, 5) is 0. The average molecular weight is 172 g/mol. The molecule has 0 bridgehead atoms. The Labute approximate surface area is 74.9 Å². The summed E-state index contributed by atoms with van der Waals surface area (Å²) in [6.45, 7) is 3.11. The van der Waals surface area contributed by atoms with Crippen LogP contribution in [0.15, 0.2) is 0 Å². The summed E-state index contributed by atoms with van der Waals surface area (Å²) in [5.41, 5.74) is 0. The minimum atomic E-state index is -0.311. The van der Waals surface area contributed by atoms with Gasteiger partial charge in [0.05, 0.1) is 12.7 Å². The summed E-state index contributed by atoms with van der Waals surface area (Å²) in [5, 5.41) is 8.96. The van der Waals surface area contributed by atoms with Crippen LogP contribution < -0.4 is 0 Å². The molecule has 0 radical (unpaired) electrons. The van der Waals surface area contributed by atoms with Gasteiger partial charge in [0, 0.05) is 6.61 Å². The van der Waals surface area contributed by atoms with Crippen LogP contribution in [0.4, 0.5) is 0 Å². The van der Waals surface area contributed by atoms with Crippen molar-refractivity contribution in [2.75, 3.05) is 13.2 Å². The van der Waals surface area contributed by atoms with E-state index in [0.717, 1.165) is 12.5 Å². The van der Waals surface area contributed by atoms with Crippen LogP contribution in [-0.2, 0) is 4.74 Å². The van der Waals surface area contributed by atoms with Crippen molar-refractivity contribution in [1.29, 1.82) is 0 Å². The maximum absolute atomic E-state index is 8.96. The third-order valence-corrected chi connectivity index (χ3v) is 2.44. The van der Waals surface area contributed by atoms with Crippen LogP contribution in [0.3, 0.4) is 0 Å². The van der Waals surface area contributed by atoms with E-state index >= 15 is 0 Å². The molecule has 0 spiro atoms. The summed E-state index contributed by atoms with van der Waals surface area (Å²) in [5.74, 6) is 0.762. The first-order valence-corrected chi connectivity index (χ1v) is 5.05. The smallest absolute Gasteiger partial charge is 0.0745 e. The van der Waals surface area contributed by atoms with E-state index in [1.54, 1.807) is 6.92 Å². The zero-order valence-electron chi connectivity index (χ0n) is 7.96. The van der Waals surface area contributed by atoms with Crippen molar-refractivity contribution in [3.8, 4) is 0 Å². The van der Waals surface area contributed by atoms with Crippen LogP contribution in [-0.4, -0.2) is 24.4 Å². The molecule has 2 nitrogen and oxygen atoms in total. The van der Waals surface area contributed by atoms with E-state index in [-0.39, 0.29) is 6.10 Å². The Morgan fingerprint density at radius 2 is 2.00 bits per heavy atom. The lowest BCUT2D eigenvalue weighted by Crippen LogP contribution is -2.17. The summed E-state index contributed by atoms with van der Waals surface area (Å²) in [6, 6.07) is 0. The molecule has 1 aliphatic rings. The van der Waals surface area contributed by atoms with E-state index in [1.807, 2.05) is 0 Å². The molecular weight excluding hydrogens is 152 g/mol. The van der Waals surface area contributed by atoms with Gasteiger partial charge in [-0.2, -0.15) is 0 Å². The molecular formula is C10H20O2. The summed E-state index contributed by atoms with van der Waals surface area (Å²) in [6.07, 6.45) is 6.45. The molecule has 1 N–H and O–H groups in total. The fourth-order valence-corrected chi connectivity index (χ4v) is 1.76. The fraction of sp³-hybridized carbons (Fsp3) is 1.00. The molecule has 1 saturated carbocycles. The predicted octanol–water partition coefficient (Wildman–Crippen LogP) is 1.96. The van der Waals surface area contributed by atoms with E-state index in [0.29, 0.717) is 6.61 Å². The van der Waals surface area contributed by atoms with Crippen LogP contribution in [0.25, 0.3) is 0 Å². The quantitative estimate of drug-likeness (QED) is 0.702. The standard InChI is InChI=1S/C10H20O2/c1-9(11)7-12-8-10-5-3-2-4-6-10/h9-11H,2-8H2,1H3/t9-/m0/s1. The minimum Gasteiger partial charge on any atom is -0.391 e. The van der Waals surface area contributed by atoms with E-state index in [2.05, 4.69) is 0 Å². The molecule has 1 rings (SSSR count). The highest BCUT2D eigenvalue weighted by Crippen LogP contribution is 2.23. The number of ether oxygens (including phenoxy) is 1. The van der Waals surface area contributed by atoms with Gasteiger partial charge in [0.2, 0.25) is 0 Å². The van der Waals surface area contributed by atoms with Crippen LogP contribution in [0, 0.1) is 5.92 Å². The molecule has 72 valence electrons. The van der Waals surface area contributed by atoms with Gasteiger partial charge >= 0.3 is 0 Å². The number of aliphatic hydroxyl groups excluding tert-OH is 1. The van der Waals surface area contributed by atoms with Crippen molar-refractivity contribution in [2.24, 2.45) is 5.92 Å². The molecule has 0 saturated heterocycles. The van der Waals surface area contributed by atoms with Gasteiger partial charge in [-0.1, -0.05) is 19.3 Å². The average Bonchev–Trinajstić information content (AvgIpc) is 2.05. The van der Waals surface area contributed by atoms with Gasteiger partial charge in [0.15, 0.2) is 0 Å². The lowest BCUT2D eigenvalue weighted by atomic mass is 9.90. The van der Waals surface area contributed by atoms with Crippen LogP contribution in [0.5, 0.6) is 0 Å². The molecule has 0 aliphatic heterocycles. The highest BCUT2D eigenvalue weighted by molar-refractivity contribution is 4.64. The summed E-state index contributed by atoms with van der Waals surface area (Å²) in [7, 11) is 0. The van der Waals surface area contributed by atoms with E-state index in [9.17, 15) is 0 Å². The molecule has 2 heteroatoms. The van der Waals surface area contributed by atoms with Crippen LogP contribution in [0.2, 0.25) is 0 Å². The lowest BCUT2D eigenvalue weighted by molar-refractivity contribution is 0.0230. The van der Waals surface area contributed by atoms with Crippen molar-refractivity contribution in [2.45, 2.75) is 45.1 Å². The molecule has 0 heterocycles. The van der Waals surface area contributed by atoms with Gasteiger partial charge < -0.3 is 9.84 Å². The molecule has 12 heavy (non-hydrogen) atoms. The molecule has 0 aromatic heterocycles. The Morgan fingerprint density at radius 1 is 1.33 bits per heavy atom. The van der Waals surface area contributed by atoms with Gasteiger partial charge in [0.25, 0.3) is 0 Å².